The standard InChI is InChI=1S/C22H42N4O9S/c1-13-9-17(28)22(32-12-13)35-21-16(26-36(30,31)8-5-23)10-15(24)20(19(21)29)34-18-4-2-3-14(33-18)11-25-6-7-27/h3,13,15-22,25-29H,2,4-12,23-24H2,1H3/t13-,15-,16+,17+,18+,19-,20+,21-,22+/m0/s1. The fourth-order valence-corrected chi connectivity index (χ4v) is 5.85. The van der Waals surface area contributed by atoms with E-state index in [2.05, 4.69) is 10.0 Å². The summed E-state index contributed by atoms with van der Waals surface area (Å²) < 4.78 is 51.1. The van der Waals surface area contributed by atoms with Crippen molar-refractivity contribution in [1.82, 2.24) is 10.0 Å². The zero-order chi connectivity index (χ0) is 26.3. The number of allylic oxidation sites excluding steroid dienone is 1. The highest BCUT2D eigenvalue weighted by Crippen LogP contribution is 2.31. The van der Waals surface area contributed by atoms with Crippen molar-refractivity contribution in [3.63, 3.8) is 0 Å². The first-order valence-corrected chi connectivity index (χ1v) is 14.2. The van der Waals surface area contributed by atoms with Crippen LogP contribution in [-0.2, 0) is 29.0 Å². The van der Waals surface area contributed by atoms with E-state index in [-0.39, 0.29) is 31.2 Å². The number of nitrogens with two attached hydrogens (primary N) is 2. The highest BCUT2D eigenvalue weighted by molar-refractivity contribution is 7.89. The lowest BCUT2D eigenvalue weighted by Crippen LogP contribution is -2.66. The smallest absolute Gasteiger partial charge is 0.213 e. The van der Waals surface area contributed by atoms with Gasteiger partial charge in [0, 0.05) is 25.6 Å². The first kappa shape index (κ1) is 29.6. The normalized spacial score (nSPS) is 37.8. The molecule has 0 radical (unpaired) electrons. The van der Waals surface area contributed by atoms with Gasteiger partial charge in [-0.05, 0) is 31.3 Å². The molecular weight excluding hydrogens is 496 g/mol. The van der Waals surface area contributed by atoms with Crippen molar-refractivity contribution in [1.29, 1.82) is 0 Å². The van der Waals surface area contributed by atoms with Crippen molar-refractivity contribution in [3.8, 4) is 0 Å². The number of hydrogen-bond acceptors (Lipinski definition) is 12. The highest BCUT2D eigenvalue weighted by atomic mass is 32.2. The van der Waals surface area contributed by atoms with Crippen LogP contribution < -0.4 is 21.5 Å². The van der Waals surface area contributed by atoms with E-state index in [1.54, 1.807) is 0 Å². The summed E-state index contributed by atoms with van der Waals surface area (Å²) in [6, 6.07) is -1.61. The minimum absolute atomic E-state index is 0.00619. The molecule has 36 heavy (non-hydrogen) atoms. The lowest BCUT2D eigenvalue weighted by atomic mass is 9.84. The van der Waals surface area contributed by atoms with E-state index in [0.29, 0.717) is 44.7 Å². The lowest BCUT2D eigenvalue weighted by Gasteiger charge is -2.46. The Morgan fingerprint density at radius 3 is 2.69 bits per heavy atom. The van der Waals surface area contributed by atoms with Gasteiger partial charge >= 0.3 is 0 Å². The van der Waals surface area contributed by atoms with Gasteiger partial charge in [-0.2, -0.15) is 0 Å². The van der Waals surface area contributed by atoms with Crippen LogP contribution >= 0.6 is 0 Å². The SMILES string of the molecule is C[C@@H]1CO[C@H](O[C@@H]2[C@@H](O)[C@H](O[C@@H]3CCC=C(CNCCO)O3)[C@@H](N)C[C@H]2NS(=O)(=O)CCN)[C@H](O)C1. The molecule has 0 bridgehead atoms. The molecule has 3 rings (SSSR count). The summed E-state index contributed by atoms with van der Waals surface area (Å²) in [5, 5.41) is 33.7. The van der Waals surface area contributed by atoms with Crippen molar-refractivity contribution in [2.24, 2.45) is 17.4 Å². The van der Waals surface area contributed by atoms with Crippen LogP contribution in [0.2, 0.25) is 0 Å². The molecule has 14 heteroatoms. The third-order valence-electron chi connectivity index (χ3n) is 6.48. The van der Waals surface area contributed by atoms with Crippen LogP contribution in [0.3, 0.4) is 0 Å². The molecule has 2 heterocycles. The largest absolute Gasteiger partial charge is 0.468 e. The number of aliphatic hydroxyl groups is 3. The summed E-state index contributed by atoms with van der Waals surface area (Å²) in [5.41, 5.74) is 11.8. The average Bonchev–Trinajstić information content (AvgIpc) is 2.81. The summed E-state index contributed by atoms with van der Waals surface area (Å²) >= 11 is 0. The molecule has 1 aliphatic carbocycles. The van der Waals surface area contributed by atoms with Gasteiger partial charge in [-0.15, -0.1) is 0 Å². The second kappa shape index (κ2) is 13.8. The molecule has 2 fully saturated rings. The number of nitrogens with one attached hydrogen (secondary N) is 2. The first-order chi connectivity index (χ1) is 17.1. The average molecular weight is 539 g/mol. The van der Waals surface area contributed by atoms with Gasteiger partial charge in [0.1, 0.15) is 30.2 Å². The molecule has 0 aromatic heterocycles. The van der Waals surface area contributed by atoms with Gasteiger partial charge in [0.25, 0.3) is 0 Å². The predicted molar refractivity (Wildman–Crippen MR) is 130 cm³/mol. The van der Waals surface area contributed by atoms with Gasteiger partial charge < -0.3 is 51.1 Å². The zero-order valence-corrected chi connectivity index (χ0v) is 21.5. The Bertz CT molecular complexity index is 817. The molecule has 1 saturated heterocycles. The number of rotatable bonds is 12. The number of ether oxygens (including phenoxy) is 4. The second-order valence-electron chi connectivity index (χ2n) is 9.73. The summed E-state index contributed by atoms with van der Waals surface area (Å²) in [5.74, 6) is 0.500. The van der Waals surface area contributed by atoms with Gasteiger partial charge in [0.2, 0.25) is 10.0 Å². The Balaban J connectivity index is 1.72. The Morgan fingerprint density at radius 2 is 2.00 bits per heavy atom. The lowest BCUT2D eigenvalue weighted by molar-refractivity contribution is -0.281. The van der Waals surface area contributed by atoms with Crippen molar-refractivity contribution in [3.05, 3.63) is 11.8 Å². The Kier molecular flexibility index (Phi) is 11.3. The molecule has 2 aliphatic heterocycles. The molecule has 0 aromatic carbocycles. The van der Waals surface area contributed by atoms with Crippen LogP contribution in [0, 0.1) is 5.92 Å². The van der Waals surface area contributed by atoms with E-state index in [4.69, 9.17) is 35.5 Å². The van der Waals surface area contributed by atoms with E-state index in [9.17, 15) is 18.6 Å². The molecule has 0 spiro atoms. The Morgan fingerprint density at radius 1 is 1.22 bits per heavy atom. The van der Waals surface area contributed by atoms with Gasteiger partial charge in [-0.25, -0.2) is 13.1 Å². The maximum Gasteiger partial charge on any atom is 0.213 e. The van der Waals surface area contributed by atoms with Crippen molar-refractivity contribution in [2.75, 3.05) is 38.6 Å². The van der Waals surface area contributed by atoms with Crippen molar-refractivity contribution >= 4 is 10.0 Å². The maximum absolute atomic E-state index is 12.5. The summed E-state index contributed by atoms with van der Waals surface area (Å²) in [7, 11) is -3.76. The van der Waals surface area contributed by atoms with Crippen LogP contribution in [0.5, 0.6) is 0 Å². The molecule has 0 amide bonds. The third-order valence-corrected chi connectivity index (χ3v) is 7.92. The summed E-state index contributed by atoms with van der Waals surface area (Å²) in [4.78, 5) is 0. The van der Waals surface area contributed by atoms with Gasteiger partial charge in [-0.3, -0.25) is 0 Å². The topological polar surface area (TPSA) is 208 Å². The summed E-state index contributed by atoms with van der Waals surface area (Å²) in [6.45, 7) is 3.08. The minimum Gasteiger partial charge on any atom is -0.468 e. The van der Waals surface area contributed by atoms with E-state index in [1.807, 2.05) is 13.0 Å². The van der Waals surface area contributed by atoms with Gasteiger partial charge in [0.05, 0.1) is 31.6 Å². The minimum atomic E-state index is -3.76. The molecule has 3 aliphatic rings. The maximum atomic E-state index is 12.5. The quantitative estimate of drug-likeness (QED) is 0.128. The van der Waals surface area contributed by atoms with Crippen molar-refractivity contribution in [2.45, 2.75) is 81.7 Å². The molecule has 0 aromatic rings. The zero-order valence-electron chi connectivity index (χ0n) is 20.7. The number of sulfonamides is 1. The fraction of sp³-hybridized carbons (Fsp3) is 0.909. The molecule has 13 nitrogen and oxygen atoms in total. The molecule has 210 valence electrons. The fourth-order valence-electron chi connectivity index (χ4n) is 4.73. The van der Waals surface area contributed by atoms with Crippen LogP contribution in [0.1, 0.15) is 32.6 Å². The molecule has 0 unspecified atom stereocenters. The molecule has 9 atom stereocenters. The van der Waals surface area contributed by atoms with Gasteiger partial charge in [0.15, 0.2) is 12.6 Å². The highest BCUT2D eigenvalue weighted by Gasteiger charge is 2.48. The molecule has 1 saturated carbocycles. The third kappa shape index (κ3) is 8.30. The number of aliphatic hydroxyl groups excluding tert-OH is 3. The predicted octanol–water partition coefficient (Wildman–Crippen LogP) is -2.56. The van der Waals surface area contributed by atoms with Crippen molar-refractivity contribution < 1.29 is 42.7 Å². The Labute approximate surface area is 212 Å². The second-order valence-corrected chi connectivity index (χ2v) is 11.6. The first-order valence-electron chi connectivity index (χ1n) is 12.5. The van der Waals surface area contributed by atoms with Crippen LogP contribution in [0.25, 0.3) is 0 Å². The van der Waals surface area contributed by atoms with E-state index < -0.39 is 59.1 Å². The monoisotopic (exact) mass is 538 g/mol. The van der Waals surface area contributed by atoms with Crippen LogP contribution in [0.15, 0.2) is 11.8 Å². The van der Waals surface area contributed by atoms with Gasteiger partial charge in [-0.1, -0.05) is 6.92 Å². The van der Waals surface area contributed by atoms with E-state index in [1.165, 1.54) is 0 Å². The van der Waals surface area contributed by atoms with E-state index in [0.717, 1.165) is 0 Å². The van der Waals surface area contributed by atoms with E-state index >= 15 is 0 Å². The summed E-state index contributed by atoms with van der Waals surface area (Å²) in [6.07, 6.45) is -2.25. The van der Waals surface area contributed by atoms with Crippen LogP contribution in [0.4, 0.5) is 0 Å². The number of hydrogen-bond donors (Lipinski definition) is 7. The van der Waals surface area contributed by atoms with Crippen LogP contribution in [-0.4, -0.2) is 111 Å². The Hall–Kier alpha value is -0.910. The molecule has 9 N–H and O–H groups in total. The molecular formula is C22H42N4O9S.